The van der Waals surface area contributed by atoms with Gasteiger partial charge in [0.25, 0.3) is 0 Å². The third-order valence-electron chi connectivity index (χ3n) is 3.65. The maximum absolute atomic E-state index is 6.08. The normalized spacial score (nSPS) is 14.9. The summed E-state index contributed by atoms with van der Waals surface area (Å²) >= 11 is 0. The molecular weight excluding hydrogens is 248 g/mol. The summed E-state index contributed by atoms with van der Waals surface area (Å²) in [6.45, 7) is 7.61. The molecule has 110 valence electrons. The minimum Gasteiger partial charge on any atom is -0.459 e. The summed E-state index contributed by atoms with van der Waals surface area (Å²) in [5.74, 6) is 1.08. The lowest BCUT2D eigenvalue weighted by Gasteiger charge is -2.22. The minimum absolute atomic E-state index is 0.229. The molecule has 0 saturated carbocycles. The highest BCUT2D eigenvalue weighted by molar-refractivity contribution is 5.82. The van der Waals surface area contributed by atoms with E-state index in [1.54, 1.807) is 0 Å². The fraction of sp³-hybridized carbons (Fsp3) is 0.529. The summed E-state index contributed by atoms with van der Waals surface area (Å²) in [4.78, 5) is 2.20. The molecule has 3 nitrogen and oxygen atoms in total. The van der Waals surface area contributed by atoms with Crippen molar-refractivity contribution in [3.05, 3.63) is 35.6 Å². The molecular formula is C17H26N2O. The van der Waals surface area contributed by atoms with Gasteiger partial charge < -0.3 is 14.6 Å². The number of para-hydroxylation sites is 1. The Morgan fingerprint density at radius 1 is 1.20 bits per heavy atom. The second-order valence-electron chi connectivity index (χ2n) is 5.85. The molecule has 2 rings (SSSR count). The van der Waals surface area contributed by atoms with Crippen molar-refractivity contribution < 1.29 is 4.42 Å². The van der Waals surface area contributed by atoms with Crippen molar-refractivity contribution in [1.82, 2.24) is 10.2 Å². The van der Waals surface area contributed by atoms with Gasteiger partial charge in [-0.05, 0) is 40.4 Å². The Morgan fingerprint density at radius 3 is 2.55 bits per heavy atom. The average molecular weight is 274 g/mol. The molecule has 0 fully saturated rings. The first-order valence-electron chi connectivity index (χ1n) is 7.44. The van der Waals surface area contributed by atoms with Crippen LogP contribution in [0.1, 0.15) is 38.1 Å². The number of furan rings is 1. The van der Waals surface area contributed by atoms with Gasteiger partial charge in [-0.1, -0.05) is 25.1 Å². The summed E-state index contributed by atoms with van der Waals surface area (Å²) in [5.41, 5.74) is 2.32. The van der Waals surface area contributed by atoms with E-state index in [1.807, 2.05) is 12.1 Å². The quantitative estimate of drug-likeness (QED) is 0.872. The molecule has 0 amide bonds. The van der Waals surface area contributed by atoms with Gasteiger partial charge in [-0.2, -0.15) is 0 Å². The topological polar surface area (TPSA) is 28.4 Å². The molecule has 0 aliphatic heterocycles. The number of aryl methyl sites for hydroxylation is 1. The molecule has 1 N–H and O–H groups in total. The number of fused-ring (bicyclic) bond motifs is 1. The molecule has 0 saturated heterocycles. The zero-order valence-corrected chi connectivity index (χ0v) is 13.2. The number of benzene rings is 1. The van der Waals surface area contributed by atoms with E-state index in [9.17, 15) is 0 Å². The Kier molecular flexibility index (Phi) is 4.84. The van der Waals surface area contributed by atoms with Gasteiger partial charge >= 0.3 is 0 Å². The predicted molar refractivity (Wildman–Crippen MR) is 85.2 cm³/mol. The largest absolute Gasteiger partial charge is 0.459 e. The third-order valence-corrected chi connectivity index (χ3v) is 3.65. The molecule has 0 aliphatic rings. The van der Waals surface area contributed by atoms with E-state index in [-0.39, 0.29) is 6.04 Å². The highest BCUT2D eigenvalue weighted by atomic mass is 16.3. The monoisotopic (exact) mass is 274 g/mol. The van der Waals surface area contributed by atoms with Gasteiger partial charge in [0.15, 0.2) is 0 Å². The van der Waals surface area contributed by atoms with E-state index < -0.39 is 0 Å². The smallest absolute Gasteiger partial charge is 0.134 e. The fourth-order valence-electron chi connectivity index (χ4n) is 2.94. The van der Waals surface area contributed by atoms with E-state index in [4.69, 9.17) is 4.42 Å². The Bertz CT molecular complexity index is 559. The van der Waals surface area contributed by atoms with Gasteiger partial charge in [0.1, 0.15) is 11.3 Å². The maximum atomic E-state index is 6.08. The molecule has 2 atom stereocenters. The van der Waals surface area contributed by atoms with Crippen LogP contribution in [0, 0.1) is 0 Å². The van der Waals surface area contributed by atoms with Crippen LogP contribution in [0.25, 0.3) is 11.0 Å². The van der Waals surface area contributed by atoms with Crippen LogP contribution in [0.4, 0.5) is 0 Å². The lowest BCUT2D eigenvalue weighted by molar-refractivity contribution is 0.321. The van der Waals surface area contributed by atoms with E-state index in [0.717, 1.165) is 24.3 Å². The van der Waals surface area contributed by atoms with Crippen LogP contribution in [-0.4, -0.2) is 31.6 Å². The molecule has 1 aromatic carbocycles. The molecule has 0 aliphatic carbocycles. The Balaban J connectivity index is 2.23. The van der Waals surface area contributed by atoms with Gasteiger partial charge in [-0.3, -0.25) is 0 Å². The van der Waals surface area contributed by atoms with Crippen molar-refractivity contribution in [2.45, 2.75) is 39.3 Å². The first-order chi connectivity index (χ1) is 9.52. The lowest BCUT2D eigenvalue weighted by Crippen LogP contribution is -2.37. The van der Waals surface area contributed by atoms with Crippen LogP contribution < -0.4 is 5.32 Å². The molecule has 2 aromatic rings. The molecule has 2 unspecified atom stereocenters. The van der Waals surface area contributed by atoms with Crippen molar-refractivity contribution in [2.24, 2.45) is 0 Å². The second-order valence-corrected chi connectivity index (χ2v) is 5.85. The van der Waals surface area contributed by atoms with E-state index in [1.165, 1.54) is 10.9 Å². The van der Waals surface area contributed by atoms with Gasteiger partial charge in [0, 0.05) is 23.5 Å². The predicted octanol–water partition coefficient (Wildman–Crippen LogP) is 3.60. The Hall–Kier alpha value is -1.32. The zero-order valence-electron chi connectivity index (χ0n) is 13.2. The molecule has 0 spiro atoms. The summed E-state index contributed by atoms with van der Waals surface area (Å²) < 4.78 is 6.08. The van der Waals surface area contributed by atoms with Crippen molar-refractivity contribution in [3.63, 3.8) is 0 Å². The van der Waals surface area contributed by atoms with Gasteiger partial charge in [0.05, 0.1) is 6.04 Å². The van der Waals surface area contributed by atoms with Crippen LogP contribution in [0.2, 0.25) is 0 Å². The van der Waals surface area contributed by atoms with Crippen molar-refractivity contribution >= 4 is 11.0 Å². The van der Waals surface area contributed by atoms with Crippen LogP contribution in [-0.2, 0) is 6.42 Å². The number of nitrogens with zero attached hydrogens (tertiary/aromatic N) is 1. The number of rotatable bonds is 6. The molecule has 20 heavy (non-hydrogen) atoms. The van der Waals surface area contributed by atoms with Crippen LogP contribution in [0.3, 0.4) is 0 Å². The number of hydrogen-bond acceptors (Lipinski definition) is 3. The standard InChI is InChI=1S/C17H26N2O/c1-6-14-15-9-7-8-10-16(15)20-17(14)13(3)18-12(2)11-19(4)5/h7-10,12-13,18H,6,11H2,1-5H3. The van der Waals surface area contributed by atoms with Gasteiger partial charge in [-0.25, -0.2) is 0 Å². The molecule has 3 heteroatoms. The minimum atomic E-state index is 0.229. The molecule has 1 aromatic heterocycles. The van der Waals surface area contributed by atoms with Crippen LogP contribution >= 0.6 is 0 Å². The van der Waals surface area contributed by atoms with Crippen molar-refractivity contribution in [2.75, 3.05) is 20.6 Å². The highest BCUT2D eigenvalue weighted by Gasteiger charge is 2.19. The van der Waals surface area contributed by atoms with E-state index >= 15 is 0 Å². The number of hydrogen-bond donors (Lipinski definition) is 1. The summed E-state index contributed by atoms with van der Waals surface area (Å²) in [6.07, 6.45) is 1.00. The first-order valence-corrected chi connectivity index (χ1v) is 7.44. The summed E-state index contributed by atoms with van der Waals surface area (Å²) in [5, 5.41) is 4.88. The summed E-state index contributed by atoms with van der Waals surface area (Å²) in [7, 11) is 4.20. The Morgan fingerprint density at radius 2 is 1.90 bits per heavy atom. The van der Waals surface area contributed by atoms with Crippen LogP contribution in [0.5, 0.6) is 0 Å². The average Bonchev–Trinajstić information content (AvgIpc) is 2.76. The third kappa shape index (κ3) is 3.22. The number of nitrogens with one attached hydrogen (secondary N) is 1. The second kappa shape index (κ2) is 6.42. The van der Waals surface area contributed by atoms with Gasteiger partial charge in [0.2, 0.25) is 0 Å². The summed E-state index contributed by atoms with van der Waals surface area (Å²) in [6, 6.07) is 8.96. The van der Waals surface area contributed by atoms with Crippen molar-refractivity contribution in [3.8, 4) is 0 Å². The lowest BCUT2D eigenvalue weighted by atomic mass is 10.0. The SMILES string of the molecule is CCc1c(C(C)NC(C)CN(C)C)oc2ccccc12. The van der Waals surface area contributed by atoms with Gasteiger partial charge in [-0.15, -0.1) is 0 Å². The van der Waals surface area contributed by atoms with Crippen molar-refractivity contribution in [1.29, 1.82) is 0 Å². The fourth-order valence-corrected chi connectivity index (χ4v) is 2.94. The van der Waals surface area contributed by atoms with E-state index in [0.29, 0.717) is 6.04 Å². The van der Waals surface area contributed by atoms with E-state index in [2.05, 4.69) is 57.2 Å². The Labute approximate surface area is 122 Å². The zero-order chi connectivity index (χ0) is 14.7. The molecule has 1 heterocycles. The van der Waals surface area contributed by atoms with Crippen LogP contribution in [0.15, 0.2) is 28.7 Å². The molecule has 0 radical (unpaired) electrons. The highest BCUT2D eigenvalue weighted by Crippen LogP contribution is 2.30. The number of likely N-dealkylation sites (N-methyl/N-ethyl adjacent to an activating group) is 1. The molecule has 0 bridgehead atoms. The first kappa shape index (κ1) is 15.1. The maximum Gasteiger partial charge on any atom is 0.134 e.